The van der Waals surface area contributed by atoms with Gasteiger partial charge in [0.1, 0.15) is 16.7 Å². The second kappa shape index (κ2) is 8.05. The van der Waals surface area contributed by atoms with Crippen LogP contribution in [0.15, 0.2) is 59.1 Å². The van der Waals surface area contributed by atoms with Crippen molar-refractivity contribution < 1.29 is 9.59 Å². The van der Waals surface area contributed by atoms with Gasteiger partial charge in [0.05, 0.1) is 5.25 Å². The van der Waals surface area contributed by atoms with Gasteiger partial charge in [-0.3, -0.25) is 14.5 Å². The highest BCUT2D eigenvalue weighted by molar-refractivity contribution is 8.05. The second-order valence-corrected chi connectivity index (χ2v) is 7.81. The van der Waals surface area contributed by atoms with E-state index in [-0.39, 0.29) is 16.5 Å². The Hall–Kier alpha value is -2.46. The number of nitriles is 1. The largest absolute Gasteiger partial charge is 0.365 e. The third-order valence-electron chi connectivity index (χ3n) is 3.94. The molecular weight excluding hydrogens is 405 g/mol. The van der Waals surface area contributed by atoms with Crippen LogP contribution in [-0.2, 0) is 16.0 Å². The van der Waals surface area contributed by atoms with E-state index in [2.05, 4.69) is 0 Å². The molecule has 1 aliphatic heterocycles. The van der Waals surface area contributed by atoms with Crippen molar-refractivity contribution >= 4 is 52.5 Å². The van der Waals surface area contributed by atoms with Crippen molar-refractivity contribution in [3.63, 3.8) is 0 Å². The first-order chi connectivity index (χ1) is 12.9. The average molecular weight is 418 g/mol. The van der Waals surface area contributed by atoms with Gasteiger partial charge in [-0.25, -0.2) is 0 Å². The molecule has 1 unspecified atom stereocenters. The number of carbonyl (C=O) groups excluding carboxylic acids is 2. The van der Waals surface area contributed by atoms with Crippen LogP contribution in [0.5, 0.6) is 0 Å². The minimum atomic E-state index is -0.876. The SMILES string of the molecule is N#CC(C(N)=O)=C1SC(Cc2ccc(Cl)cc2)C(=O)N1c1ccc(Cl)cc1. The Kier molecular flexibility index (Phi) is 5.76. The Labute approximate surface area is 170 Å². The lowest BCUT2D eigenvalue weighted by Crippen LogP contribution is -2.31. The van der Waals surface area contributed by atoms with Crippen LogP contribution >= 0.6 is 35.0 Å². The van der Waals surface area contributed by atoms with E-state index in [1.54, 1.807) is 36.4 Å². The Morgan fingerprint density at radius 3 is 2.19 bits per heavy atom. The molecule has 1 atom stereocenters. The summed E-state index contributed by atoms with van der Waals surface area (Å²) in [4.78, 5) is 26.1. The fourth-order valence-electron chi connectivity index (χ4n) is 2.66. The highest BCUT2D eigenvalue weighted by atomic mass is 35.5. The summed E-state index contributed by atoms with van der Waals surface area (Å²) < 4.78 is 0. The van der Waals surface area contributed by atoms with Gasteiger partial charge in [0.2, 0.25) is 5.91 Å². The molecule has 0 aromatic heterocycles. The van der Waals surface area contributed by atoms with Crippen LogP contribution in [0.4, 0.5) is 5.69 Å². The summed E-state index contributed by atoms with van der Waals surface area (Å²) in [5.74, 6) is -1.11. The summed E-state index contributed by atoms with van der Waals surface area (Å²) >= 11 is 13.0. The first-order valence-corrected chi connectivity index (χ1v) is 9.49. The number of nitrogens with zero attached hydrogens (tertiary/aromatic N) is 2. The van der Waals surface area contributed by atoms with Crippen LogP contribution in [0.3, 0.4) is 0 Å². The molecule has 136 valence electrons. The molecule has 27 heavy (non-hydrogen) atoms. The molecule has 1 saturated heterocycles. The van der Waals surface area contributed by atoms with Crippen LogP contribution in [0.1, 0.15) is 5.56 Å². The molecule has 1 fully saturated rings. The van der Waals surface area contributed by atoms with E-state index in [9.17, 15) is 14.9 Å². The molecule has 2 aromatic carbocycles. The summed E-state index contributed by atoms with van der Waals surface area (Å²) in [6.07, 6.45) is 0.422. The lowest BCUT2D eigenvalue weighted by molar-refractivity contribution is -0.117. The summed E-state index contributed by atoms with van der Waals surface area (Å²) in [5.41, 5.74) is 6.53. The summed E-state index contributed by atoms with van der Waals surface area (Å²) in [6, 6.07) is 15.6. The summed E-state index contributed by atoms with van der Waals surface area (Å²) in [7, 11) is 0. The van der Waals surface area contributed by atoms with E-state index in [0.717, 1.165) is 17.3 Å². The Morgan fingerprint density at radius 2 is 1.67 bits per heavy atom. The van der Waals surface area contributed by atoms with Crippen molar-refractivity contribution in [3.8, 4) is 6.07 Å². The standard InChI is InChI=1S/C19H13Cl2N3O2S/c20-12-3-1-11(2-4-12)9-16-18(26)24(14-7-5-13(21)6-8-14)19(27-16)15(10-22)17(23)25/h1-8,16H,9H2,(H2,23,25). The van der Waals surface area contributed by atoms with Gasteiger partial charge in [0, 0.05) is 15.7 Å². The fourth-order valence-corrected chi connectivity index (χ4v) is 4.23. The van der Waals surface area contributed by atoms with E-state index in [1.807, 2.05) is 18.2 Å². The Balaban J connectivity index is 2.01. The number of nitrogens with two attached hydrogens (primary N) is 1. The zero-order valence-corrected chi connectivity index (χ0v) is 16.2. The van der Waals surface area contributed by atoms with Crippen molar-refractivity contribution in [2.24, 2.45) is 5.73 Å². The van der Waals surface area contributed by atoms with E-state index < -0.39 is 11.2 Å². The normalized spacial score (nSPS) is 18.3. The smallest absolute Gasteiger partial charge is 0.262 e. The average Bonchev–Trinajstić information content (AvgIpc) is 2.94. The van der Waals surface area contributed by atoms with Crippen LogP contribution in [0.25, 0.3) is 0 Å². The molecule has 0 aliphatic carbocycles. The third kappa shape index (κ3) is 4.11. The van der Waals surface area contributed by atoms with E-state index in [4.69, 9.17) is 28.9 Å². The molecular formula is C19H13Cl2N3O2S. The van der Waals surface area contributed by atoms with E-state index in [1.165, 1.54) is 4.90 Å². The maximum Gasteiger partial charge on any atom is 0.262 e. The molecule has 1 aliphatic rings. The van der Waals surface area contributed by atoms with Crippen molar-refractivity contribution in [2.45, 2.75) is 11.7 Å². The minimum Gasteiger partial charge on any atom is -0.365 e. The van der Waals surface area contributed by atoms with Crippen LogP contribution in [-0.4, -0.2) is 17.1 Å². The Bertz CT molecular complexity index is 966. The first kappa shape index (κ1) is 19.3. The number of primary amides is 1. The number of carbonyl (C=O) groups is 2. The number of thioether (sulfide) groups is 1. The van der Waals surface area contributed by atoms with Gasteiger partial charge in [0.15, 0.2) is 0 Å². The maximum absolute atomic E-state index is 13.1. The molecule has 2 amide bonds. The van der Waals surface area contributed by atoms with Gasteiger partial charge >= 0.3 is 0 Å². The van der Waals surface area contributed by atoms with Crippen LogP contribution < -0.4 is 10.6 Å². The van der Waals surface area contributed by atoms with Gasteiger partial charge in [-0.05, 0) is 48.4 Å². The molecule has 0 spiro atoms. The maximum atomic E-state index is 13.1. The lowest BCUT2D eigenvalue weighted by atomic mass is 10.1. The zero-order chi connectivity index (χ0) is 19.6. The van der Waals surface area contributed by atoms with Crippen molar-refractivity contribution in [3.05, 3.63) is 74.7 Å². The van der Waals surface area contributed by atoms with Gasteiger partial charge in [-0.2, -0.15) is 5.26 Å². The predicted octanol–water partition coefficient (Wildman–Crippen LogP) is 3.90. The molecule has 2 aromatic rings. The van der Waals surface area contributed by atoms with Gasteiger partial charge < -0.3 is 5.73 Å². The minimum absolute atomic E-state index is 0.233. The molecule has 0 saturated carbocycles. The molecule has 2 N–H and O–H groups in total. The quantitative estimate of drug-likeness (QED) is 0.603. The number of hydrogen-bond donors (Lipinski definition) is 1. The molecule has 0 bridgehead atoms. The monoisotopic (exact) mass is 417 g/mol. The number of hydrogen-bond acceptors (Lipinski definition) is 4. The fraction of sp³-hybridized carbons (Fsp3) is 0.105. The van der Waals surface area contributed by atoms with Gasteiger partial charge in [-0.1, -0.05) is 47.1 Å². The zero-order valence-electron chi connectivity index (χ0n) is 13.9. The molecule has 8 heteroatoms. The lowest BCUT2D eigenvalue weighted by Gasteiger charge is -2.18. The van der Waals surface area contributed by atoms with E-state index in [0.29, 0.717) is 22.2 Å². The first-order valence-electron chi connectivity index (χ1n) is 7.85. The van der Waals surface area contributed by atoms with Crippen LogP contribution in [0, 0.1) is 11.3 Å². The third-order valence-corrected chi connectivity index (χ3v) is 5.71. The number of halogens is 2. The number of rotatable bonds is 4. The highest BCUT2D eigenvalue weighted by Gasteiger charge is 2.40. The number of benzene rings is 2. The van der Waals surface area contributed by atoms with Crippen molar-refractivity contribution in [1.82, 2.24) is 0 Å². The molecule has 0 radical (unpaired) electrons. The van der Waals surface area contributed by atoms with Gasteiger partial charge in [0.25, 0.3) is 5.91 Å². The molecule has 1 heterocycles. The van der Waals surface area contributed by atoms with Crippen LogP contribution in [0.2, 0.25) is 10.0 Å². The van der Waals surface area contributed by atoms with Crippen molar-refractivity contribution in [1.29, 1.82) is 5.26 Å². The summed E-state index contributed by atoms with van der Waals surface area (Å²) in [6.45, 7) is 0. The number of amides is 2. The number of anilines is 1. The predicted molar refractivity (Wildman–Crippen MR) is 107 cm³/mol. The van der Waals surface area contributed by atoms with Gasteiger partial charge in [-0.15, -0.1) is 0 Å². The topological polar surface area (TPSA) is 87.2 Å². The highest BCUT2D eigenvalue weighted by Crippen LogP contribution is 2.42. The summed E-state index contributed by atoms with van der Waals surface area (Å²) in [5, 5.41) is 10.2. The van der Waals surface area contributed by atoms with E-state index >= 15 is 0 Å². The second-order valence-electron chi connectivity index (χ2n) is 5.74. The molecule has 3 rings (SSSR count). The Morgan fingerprint density at radius 1 is 1.11 bits per heavy atom. The molecule has 5 nitrogen and oxygen atoms in total. The van der Waals surface area contributed by atoms with Crippen molar-refractivity contribution in [2.75, 3.05) is 4.90 Å².